The van der Waals surface area contributed by atoms with E-state index in [0.717, 1.165) is 29.1 Å². The number of carbonyl (C=O) groups is 1. The van der Waals surface area contributed by atoms with Gasteiger partial charge in [0.25, 0.3) is 0 Å². The van der Waals surface area contributed by atoms with Crippen LogP contribution in [0.3, 0.4) is 0 Å². The van der Waals surface area contributed by atoms with Crippen molar-refractivity contribution in [3.8, 4) is 22.1 Å². The van der Waals surface area contributed by atoms with E-state index in [4.69, 9.17) is 14.2 Å². The first kappa shape index (κ1) is 19.6. The number of hydrogen-bond donors (Lipinski definition) is 1. The molecule has 2 heterocycles. The highest BCUT2D eigenvalue weighted by atomic mass is 32.1. The molecule has 1 aromatic carbocycles. The van der Waals surface area contributed by atoms with Crippen molar-refractivity contribution in [2.45, 2.75) is 44.8 Å². The van der Waals surface area contributed by atoms with Crippen LogP contribution in [0, 0.1) is 0 Å². The normalized spacial score (nSPS) is 18.7. The van der Waals surface area contributed by atoms with Gasteiger partial charge < -0.3 is 19.5 Å². The SMILES string of the molecule is COc1ccc(-c2nc(CC(=O)NC3CCOC(C)(C)C3)cs2)cc1OC. The molecule has 146 valence electrons. The second-order valence-corrected chi connectivity index (χ2v) is 8.11. The van der Waals surface area contributed by atoms with Gasteiger partial charge in [-0.1, -0.05) is 0 Å². The number of methoxy groups -OCH3 is 2. The van der Waals surface area contributed by atoms with Crippen LogP contribution in [0.15, 0.2) is 23.6 Å². The molecule has 1 atom stereocenters. The van der Waals surface area contributed by atoms with Crippen molar-refractivity contribution in [2.75, 3.05) is 20.8 Å². The Balaban J connectivity index is 1.63. The summed E-state index contributed by atoms with van der Waals surface area (Å²) in [5.74, 6) is 1.34. The molecule has 7 heteroatoms. The molecule has 1 saturated heterocycles. The molecule has 1 aromatic heterocycles. The summed E-state index contributed by atoms with van der Waals surface area (Å²) in [5, 5.41) is 5.90. The van der Waals surface area contributed by atoms with Gasteiger partial charge in [-0.05, 0) is 44.9 Å². The van der Waals surface area contributed by atoms with Crippen LogP contribution in [-0.2, 0) is 16.0 Å². The van der Waals surface area contributed by atoms with Crippen molar-refractivity contribution in [3.63, 3.8) is 0 Å². The number of carbonyl (C=O) groups excluding carboxylic acids is 1. The molecule has 27 heavy (non-hydrogen) atoms. The van der Waals surface area contributed by atoms with Gasteiger partial charge in [0.15, 0.2) is 11.5 Å². The lowest BCUT2D eigenvalue weighted by atomic mass is 9.94. The van der Waals surface area contributed by atoms with Crippen molar-refractivity contribution in [1.29, 1.82) is 0 Å². The summed E-state index contributed by atoms with van der Waals surface area (Å²) < 4.78 is 16.3. The molecular formula is C20H26N2O4S. The quantitative estimate of drug-likeness (QED) is 0.818. The van der Waals surface area contributed by atoms with Crippen LogP contribution in [0.5, 0.6) is 11.5 Å². The summed E-state index contributed by atoms with van der Waals surface area (Å²) in [7, 11) is 3.22. The molecular weight excluding hydrogens is 364 g/mol. The molecule has 3 rings (SSSR count). The Hall–Kier alpha value is -2.12. The molecule has 1 fully saturated rings. The lowest BCUT2D eigenvalue weighted by Crippen LogP contribution is -2.46. The predicted octanol–water partition coefficient (Wildman–Crippen LogP) is 3.44. The van der Waals surface area contributed by atoms with E-state index in [9.17, 15) is 4.79 Å². The van der Waals surface area contributed by atoms with Crippen molar-refractivity contribution in [1.82, 2.24) is 10.3 Å². The van der Waals surface area contributed by atoms with Gasteiger partial charge in [-0.25, -0.2) is 4.98 Å². The van der Waals surface area contributed by atoms with Gasteiger partial charge in [0.2, 0.25) is 5.91 Å². The third kappa shape index (κ3) is 4.99. The number of ether oxygens (including phenoxy) is 3. The van der Waals surface area contributed by atoms with E-state index in [1.54, 1.807) is 14.2 Å². The van der Waals surface area contributed by atoms with E-state index in [0.29, 0.717) is 18.1 Å². The highest BCUT2D eigenvalue weighted by molar-refractivity contribution is 7.13. The van der Waals surface area contributed by atoms with Crippen LogP contribution in [0.1, 0.15) is 32.4 Å². The molecule has 0 bridgehead atoms. The average molecular weight is 391 g/mol. The number of benzene rings is 1. The summed E-state index contributed by atoms with van der Waals surface area (Å²) >= 11 is 1.52. The van der Waals surface area contributed by atoms with Gasteiger partial charge in [-0.15, -0.1) is 11.3 Å². The number of hydrogen-bond acceptors (Lipinski definition) is 6. The number of rotatable bonds is 6. The highest BCUT2D eigenvalue weighted by Crippen LogP contribution is 2.33. The third-order valence-corrected chi connectivity index (χ3v) is 5.53. The molecule has 6 nitrogen and oxygen atoms in total. The summed E-state index contributed by atoms with van der Waals surface area (Å²) in [6.07, 6.45) is 1.96. The lowest BCUT2D eigenvalue weighted by Gasteiger charge is -2.35. The van der Waals surface area contributed by atoms with Crippen molar-refractivity contribution in [3.05, 3.63) is 29.3 Å². The molecule has 0 saturated carbocycles. The standard InChI is InChI=1S/C20H26N2O4S/c1-20(2)11-14(7-8-26-20)21-18(23)10-15-12-27-19(22-15)13-5-6-16(24-3)17(9-13)25-4/h5-6,9,12,14H,7-8,10-11H2,1-4H3,(H,21,23). The molecule has 1 unspecified atom stereocenters. The molecule has 1 N–H and O–H groups in total. The van der Waals surface area contributed by atoms with E-state index in [1.165, 1.54) is 11.3 Å². The predicted molar refractivity (Wildman–Crippen MR) is 106 cm³/mol. The molecule has 0 aliphatic carbocycles. The van der Waals surface area contributed by atoms with Crippen LogP contribution in [0.25, 0.3) is 10.6 Å². The van der Waals surface area contributed by atoms with Gasteiger partial charge in [-0.2, -0.15) is 0 Å². The maximum atomic E-state index is 12.4. The van der Waals surface area contributed by atoms with Crippen molar-refractivity contribution in [2.24, 2.45) is 0 Å². The van der Waals surface area contributed by atoms with Gasteiger partial charge in [0.1, 0.15) is 5.01 Å². The Morgan fingerprint density at radius 1 is 1.33 bits per heavy atom. The van der Waals surface area contributed by atoms with Gasteiger partial charge in [-0.3, -0.25) is 4.79 Å². The van der Waals surface area contributed by atoms with E-state index >= 15 is 0 Å². The largest absolute Gasteiger partial charge is 0.493 e. The highest BCUT2D eigenvalue weighted by Gasteiger charge is 2.29. The minimum atomic E-state index is -0.183. The van der Waals surface area contributed by atoms with E-state index in [-0.39, 0.29) is 24.0 Å². The van der Waals surface area contributed by atoms with Crippen LogP contribution in [-0.4, -0.2) is 43.4 Å². The Bertz CT molecular complexity index is 803. The van der Waals surface area contributed by atoms with Crippen LogP contribution in [0.2, 0.25) is 0 Å². The molecule has 1 amide bonds. The smallest absolute Gasteiger partial charge is 0.226 e. The zero-order valence-electron chi connectivity index (χ0n) is 16.2. The minimum Gasteiger partial charge on any atom is -0.493 e. The number of nitrogens with one attached hydrogen (secondary N) is 1. The lowest BCUT2D eigenvalue weighted by molar-refractivity contribution is -0.123. The minimum absolute atomic E-state index is 0.00172. The zero-order valence-corrected chi connectivity index (χ0v) is 17.0. The van der Waals surface area contributed by atoms with E-state index in [1.807, 2.05) is 23.6 Å². The van der Waals surface area contributed by atoms with E-state index in [2.05, 4.69) is 24.1 Å². The van der Waals surface area contributed by atoms with Crippen LogP contribution >= 0.6 is 11.3 Å². The first-order chi connectivity index (χ1) is 12.9. The molecule has 2 aromatic rings. The van der Waals surface area contributed by atoms with E-state index < -0.39 is 0 Å². The number of amides is 1. The maximum absolute atomic E-state index is 12.4. The van der Waals surface area contributed by atoms with Crippen LogP contribution in [0.4, 0.5) is 0 Å². The Kier molecular flexibility index (Phi) is 6.01. The monoisotopic (exact) mass is 390 g/mol. The zero-order chi connectivity index (χ0) is 19.4. The number of aromatic nitrogens is 1. The summed E-state index contributed by atoms with van der Waals surface area (Å²) in [5.41, 5.74) is 1.53. The van der Waals surface area contributed by atoms with Gasteiger partial charge in [0, 0.05) is 23.6 Å². The van der Waals surface area contributed by atoms with Crippen molar-refractivity contribution < 1.29 is 19.0 Å². The number of nitrogens with zero attached hydrogens (tertiary/aromatic N) is 1. The summed E-state index contributed by atoms with van der Waals surface area (Å²) in [4.78, 5) is 17.0. The number of thiazole rings is 1. The summed E-state index contributed by atoms with van der Waals surface area (Å²) in [6, 6.07) is 5.85. The molecule has 1 aliphatic rings. The summed E-state index contributed by atoms with van der Waals surface area (Å²) in [6.45, 7) is 4.79. The topological polar surface area (TPSA) is 69.7 Å². The third-order valence-electron chi connectivity index (χ3n) is 4.59. The fraction of sp³-hybridized carbons (Fsp3) is 0.500. The fourth-order valence-electron chi connectivity index (χ4n) is 3.29. The van der Waals surface area contributed by atoms with Crippen molar-refractivity contribution >= 4 is 17.2 Å². The molecule has 0 radical (unpaired) electrons. The Labute approximate surface area is 163 Å². The maximum Gasteiger partial charge on any atom is 0.226 e. The molecule has 1 aliphatic heterocycles. The first-order valence-electron chi connectivity index (χ1n) is 9.00. The van der Waals surface area contributed by atoms with Crippen LogP contribution < -0.4 is 14.8 Å². The van der Waals surface area contributed by atoms with Gasteiger partial charge >= 0.3 is 0 Å². The second kappa shape index (κ2) is 8.27. The second-order valence-electron chi connectivity index (χ2n) is 7.26. The Morgan fingerprint density at radius 3 is 2.81 bits per heavy atom. The Morgan fingerprint density at radius 2 is 2.11 bits per heavy atom. The molecule has 0 spiro atoms. The average Bonchev–Trinajstić information content (AvgIpc) is 3.08. The van der Waals surface area contributed by atoms with Gasteiger partial charge in [0.05, 0.1) is 31.9 Å². The fourth-order valence-corrected chi connectivity index (χ4v) is 4.10. The first-order valence-corrected chi connectivity index (χ1v) is 9.88.